The number of carbonyl (C=O) groups is 13. The van der Waals surface area contributed by atoms with Crippen LogP contribution in [0.2, 0.25) is 0 Å². The van der Waals surface area contributed by atoms with Gasteiger partial charge in [0.05, 0.1) is 13.2 Å². The van der Waals surface area contributed by atoms with Crippen LogP contribution in [0.4, 0.5) is 0 Å². The lowest BCUT2D eigenvalue weighted by Crippen LogP contribution is -2.61. The first kappa shape index (κ1) is 81.7. The number of unbranched alkanes of at least 4 members (excludes halogenated alkanes) is 2. The summed E-state index contributed by atoms with van der Waals surface area (Å²) in [6, 6.07) is -10.4. The number of nitrogens with one attached hydrogen (secondary N) is 10. The van der Waals surface area contributed by atoms with E-state index in [0.29, 0.717) is 24.8 Å². The molecule has 1 aromatic rings. The number of phenols is 1. The number of hydrogen-bond acceptors (Lipinski definition) is 20. The van der Waals surface area contributed by atoms with Gasteiger partial charge in [-0.1, -0.05) is 26.0 Å². The number of nitrogens with two attached hydrogens (primary N) is 7. The highest BCUT2D eigenvalue weighted by Crippen LogP contribution is 2.21. The maximum Gasteiger partial charge on any atom is 0.326 e. The Labute approximate surface area is 561 Å². The van der Waals surface area contributed by atoms with Gasteiger partial charge in [-0.25, -0.2) is 4.79 Å². The van der Waals surface area contributed by atoms with E-state index in [-0.39, 0.29) is 146 Å². The third-order valence-electron chi connectivity index (χ3n) is 15.7. The maximum absolute atomic E-state index is 14.5. The Morgan fingerprint density at radius 3 is 1.43 bits per heavy atom. The molecule has 3 rings (SSSR count). The number of aliphatic carboxylic acids is 1. The Hall–Kier alpha value is -9.49. The summed E-state index contributed by atoms with van der Waals surface area (Å²) in [7, 11) is 0. The molecule has 11 atom stereocenters. The number of phenolic OH excluding ortho intramolecular Hbond substituents is 1. The fraction of sp³-hybridized carbons (Fsp3) is 0.650. The number of carboxylic acid groups (broad SMARTS) is 1. The number of aromatic hydroxyl groups is 1. The van der Waals surface area contributed by atoms with Crippen LogP contribution in [-0.4, -0.2) is 226 Å². The van der Waals surface area contributed by atoms with Crippen molar-refractivity contribution in [2.24, 2.45) is 56.0 Å². The number of hydrogen-bond donors (Lipinski definition) is 21. The average molecular weight is 1370 g/mol. The first-order valence-corrected chi connectivity index (χ1v) is 32.4. The van der Waals surface area contributed by atoms with Crippen LogP contribution in [0.1, 0.15) is 129 Å². The number of primary amides is 1. The highest BCUT2D eigenvalue weighted by Gasteiger charge is 2.41. The quantitative estimate of drug-likeness (QED) is 0.0164. The first-order chi connectivity index (χ1) is 46.0. The van der Waals surface area contributed by atoms with Gasteiger partial charge in [0.25, 0.3) is 0 Å². The summed E-state index contributed by atoms with van der Waals surface area (Å²) < 4.78 is 0. The molecule has 37 heteroatoms. The normalized spacial score (nSPS) is 16.9. The number of aliphatic hydroxyl groups is 2. The lowest BCUT2D eigenvalue weighted by molar-refractivity contribution is -0.143. The van der Waals surface area contributed by atoms with Crippen LogP contribution < -0.4 is 93.3 Å². The molecule has 97 heavy (non-hydrogen) atoms. The van der Waals surface area contributed by atoms with Gasteiger partial charge in [0.1, 0.15) is 72.2 Å². The molecule has 28 N–H and O–H groups in total. The molecular weight excluding hydrogens is 1270 g/mol. The minimum atomic E-state index is -1.85. The summed E-state index contributed by atoms with van der Waals surface area (Å²) >= 11 is 0. The minimum absolute atomic E-state index is 0.0125. The summed E-state index contributed by atoms with van der Waals surface area (Å²) in [5.74, 6) is -12.9. The van der Waals surface area contributed by atoms with Crippen molar-refractivity contribution in [3.8, 4) is 5.75 Å². The summed E-state index contributed by atoms with van der Waals surface area (Å²) in [5, 5.41) is 65.8. The van der Waals surface area contributed by atoms with Gasteiger partial charge >= 0.3 is 5.97 Å². The van der Waals surface area contributed by atoms with Gasteiger partial charge in [-0.3, -0.25) is 67.5 Å². The van der Waals surface area contributed by atoms with Crippen LogP contribution in [0.15, 0.2) is 34.3 Å². The van der Waals surface area contributed by atoms with Crippen LogP contribution in [0.25, 0.3) is 0 Å². The molecule has 37 nitrogen and oxygen atoms in total. The standard InChI is InChI=1S/C60H100N20O17/c1-32(2)28-42(58(96)97)77-53(91)41(29-33-15-17-34(83)18-16-33)76-49(87)36(11-4-6-24-62)73-54(92)43(30-81)78-50(88)37(12-7-25-68-59(64)65)72-52(90)39(19-21-46(63)84)74-55(93)44(31-82)79-56(94)45-14-9-27-80(45)57(95)40(13-8-26-69-60(66)67)75-48(86)35(10-3-5-23-61)71-51(89)38-20-22-47(85)70-38/h15-18,32,35-45,81-83H,3-14,19-31,61-62H2,1-2H3,(H2,63,84)(H,70,85)(H,71,89)(H,72,90)(H,73,92)(H,74,93)(H,75,86)(H,76,87)(H,77,91)(H,78,88)(H,79,94)(H,96,97)(H4,64,65,68)(H4,66,67,69)/t35-,36-,37-,38?,39-,40-,41-,42-,43-,44-,45-/m0/s1. The Kier molecular flexibility index (Phi) is 36.1. The van der Waals surface area contributed by atoms with E-state index in [4.69, 9.17) is 40.1 Å². The van der Waals surface area contributed by atoms with Gasteiger partial charge in [0.15, 0.2) is 11.9 Å². The zero-order valence-corrected chi connectivity index (χ0v) is 54.9. The summed E-state index contributed by atoms with van der Waals surface area (Å²) in [5.41, 5.74) is 39.4. The zero-order valence-electron chi connectivity index (χ0n) is 54.9. The molecule has 0 aliphatic carbocycles. The van der Waals surface area contributed by atoms with Crippen molar-refractivity contribution >= 4 is 88.8 Å². The fourth-order valence-electron chi connectivity index (χ4n) is 10.5. The smallest absolute Gasteiger partial charge is 0.326 e. The van der Waals surface area contributed by atoms with Gasteiger partial charge in [0.2, 0.25) is 70.9 Å². The molecule has 1 aromatic carbocycles. The van der Waals surface area contributed by atoms with Crippen LogP contribution in [0.3, 0.4) is 0 Å². The Bertz CT molecular complexity index is 2890. The second-order valence-corrected chi connectivity index (χ2v) is 24.1. The van der Waals surface area contributed by atoms with Gasteiger partial charge in [-0.05, 0) is 133 Å². The zero-order chi connectivity index (χ0) is 72.3. The third-order valence-corrected chi connectivity index (χ3v) is 15.7. The molecule has 2 fully saturated rings. The molecular formula is C60H100N20O17. The lowest BCUT2D eigenvalue weighted by atomic mass is 10.0. The summed E-state index contributed by atoms with van der Waals surface area (Å²) in [6.07, 6.45) is 0.618. The number of likely N-dealkylation sites (tertiary alicyclic amines) is 1. The predicted molar refractivity (Wildman–Crippen MR) is 350 cm³/mol. The number of aliphatic imine (C=N–C) groups is 2. The topological polar surface area (TPSA) is 633 Å². The number of rotatable bonds is 45. The first-order valence-electron chi connectivity index (χ1n) is 32.4. The SMILES string of the molecule is CC(C)C[C@H](NC(=O)[C@H](Cc1ccc(O)cc1)NC(=O)[C@H](CCCCN)NC(=O)[C@H](CO)NC(=O)[C@H](CCCN=C(N)N)NC(=O)[C@H](CCC(N)=O)NC(=O)[C@H](CO)NC(=O)[C@@H]1CCCN1C(=O)[C@H](CCCN=C(N)N)NC(=O)[C@H](CCCCN)NC(=O)C1CCC(=O)N1)C(=O)O. The monoisotopic (exact) mass is 1370 g/mol. The molecule has 1 unspecified atom stereocenters. The van der Waals surface area contributed by atoms with Crippen LogP contribution >= 0.6 is 0 Å². The lowest BCUT2D eigenvalue weighted by Gasteiger charge is -2.31. The van der Waals surface area contributed by atoms with Gasteiger partial charge in [0, 0.05) is 38.9 Å². The molecule has 0 saturated carbocycles. The molecule has 2 saturated heterocycles. The summed E-state index contributed by atoms with van der Waals surface area (Å²) in [6.45, 7) is 1.67. The highest BCUT2D eigenvalue weighted by atomic mass is 16.4. The second kappa shape index (κ2) is 42.8. The average Bonchev–Trinajstić information content (AvgIpc) is 1.78. The van der Waals surface area contributed by atoms with Crippen molar-refractivity contribution in [3.63, 3.8) is 0 Å². The Morgan fingerprint density at radius 2 is 0.969 bits per heavy atom. The van der Waals surface area contributed by atoms with E-state index in [0.717, 1.165) is 0 Å². The molecule has 0 bridgehead atoms. The van der Waals surface area contributed by atoms with E-state index in [9.17, 15) is 82.8 Å². The molecule has 0 radical (unpaired) electrons. The summed E-state index contributed by atoms with van der Waals surface area (Å²) in [4.78, 5) is 186. The van der Waals surface area contributed by atoms with E-state index in [1.165, 1.54) is 29.2 Å². The van der Waals surface area contributed by atoms with Gasteiger partial charge in [-0.15, -0.1) is 0 Å². The highest BCUT2D eigenvalue weighted by molar-refractivity contribution is 6.00. The number of carboxylic acids is 1. The number of amides is 12. The fourth-order valence-corrected chi connectivity index (χ4v) is 10.5. The van der Waals surface area contributed by atoms with Crippen LogP contribution in [0.5, 0.6) is 5.75 Å². The van der Waals surface area contributed by atoms with Crippen molar-refractivity contribution in [2.75, 3.05) is 45.9 Å². The van der Waals surface area contributed by atoms with E-state index >= 15 is 0 Å². The van der Waals surface area contributed by atoms with E-state index in [2.05, 4.69) is 63.2 Å². The Balaban J connectivity index is 1.88. The van der Waals surface area contributed by atoms with Crippen molar-refractivity contribution in [1.82, 2.24) is 58.1 Å². The van der Waals surface area contributed by atoms with E-state index < -0.39 is 163 Å². The molecule has 542 valence electrons. The number of benzene rings is 1. The van der Waals surface area contributed by atoms with Crippen LogP contribution in [-0.2, 0) is 68.7 Å². The van der Waals surface area contributed by atoms with Crippen molar-refractivity contribution in [1.29, 1.82) is 0 Å². The van der Waals surface area contributed by atoms with Crippen molar-refractivity contribution in [2.45, 2.75) is 196 Å². The number of carbonyl (C=O) groups excluding carboxylic acids is 12. The molecule has 0 spiro atoms. The van der Waals surface area contributed by atoms with E-state index in [1.54, 1.807) is 13.8 Å². The van der Waals surface area contributed by atoms with Crippen LogP contribution in [0, 0.1) is 5.92 Å². The molecule has 2 heterocycles. The minimum Gasteiger partial charge on any atom is -0.508 e. The molecule has 0 aromatic heterocycles. The third kappa shape index (κ3) is 29.6. The number of guanidine groups is 2. The second-order valence-electron chi connectivity index (χ2n) is 24.1. The van der Waals surface area contributed by atoms with E-state index in [1.807, 2.05) is 0 Å². The molecule has 2 aliphatic rings. The molecule has 2 aliphatic heterocycles. The Morgan fingerprint density at radius 1 is 0.546 bits per heavy atom. The number of aliphatic hydroxyl groups excluding tert-OH is 2. The largest absolute Gasteiger partial charge is 0.508 e. The predicted octanol–water partition coefficient (Wildman–Crippen LogP) is -7.69. The van der Waals surface area contributed by atoms with Crippen molar-refractivity contribution in [3.05, 3.63) is 29.8 Å². The molecule has 12 amide bonds. The van der Waals surface area contributed by atoms with Gasteiger partial charge < -0.3 is 119 Å². The maximum atomic E-state index is 14.5. The number of nitrogens with zero attached hydrogens (tertiary/aromatic N) is 3. The van der Waals surface area contributed by atoms with Gasteiger partial charge in [-0.2, -0.15) is 0 Å². The van der Waals surface area contributed by atoms with Crippen molar-refractivity contribution < 1.29 is 82.8 Å².